The number of halogens is 1. The second kappa shape index (κ2) is 7.79. The number of benzene rings is 2. The highest BCUT2D eigenvalue weighted by molar-refractivity contribution is 14.1. The second-order valence-corrected chi connectivity index (χ2v) is 7.14. The van der Waals surface area contributed by atoms with Crippen LogP contribution in [0.4, 0.5) is 0 Å². The van der Waals surface area contributed by atoms with E-state index >= 15 is 0 Å². The van der Waals surface area contributed by atoms with Crippen LogP contribution in [0.15, 0.2) is 79.5 Å². The van der Waals surface area contributed by atoms with Crippen LogP contribution in [0, 0.1) is 9.49 Å². The number of carbonyl (C=O) groups excluding carboxylic acids is 1. The summed E-state index contributed by atoms with van der Waals surface area (Å²) in [5, 5.41) is 0. The van der Waals surface area contributed by atoms with Crippen molar-refractivity contribution in [2.45, 2.75) is 19.0 Å². The van der Waals surface area contributed by atoms with Gasteiger partial charge in [0, 0.05) is 22.2 Å². The van der Waals surface area contributed by atoms with Crippen LogP contribution in [0.2, 0.25) is 0 Å². The molecule has 0 saturated carbocycles. The second-order valence-electron chi connectivity index (χ2n) is 5.97. The maximum Gasteiger partial charge on any atom is 0.162 e. The topological polar surface area (TPSA) is 20.3 Å². The number of allylic oxidation sites excluding steroid dienone is 2. The zero-order valence-corrected chi connectivity index (χ0v) is 15.6. The predicted molar refractivity (Wildman–Crippen MR) is 106 cm³/mol. The van der Waals surface area contributed by atoms with Crippen molar-refractivity contribution >= 4 is 28.4 Å². The first-order valence-corrected chi connectivity index (χ1v) is 9.15. The van der Waals surface area contributed by atoms with Gasteiger partial charge in [-0.05, 0) is 52.3 Å². The standard InChI is InChI=1S/C21H20INO/c1-2-8-18-20(24)13-14-23(15-16-9-4-3-5-10-16)21(18)17-11-6-7-12-19(17)22/h2-7,9-14,18,21H,1,8,15H2/t18-,21+/m1/s1. The average molecular weight is 429 g/mol. The van der Waals surface area contributed by atoms with Gasteiger partial charge in [0.2, 0.25) is 0 Å². The Kier molecular flexibility index (Phi) is 5.51. The quantitative estimate of drug-likeness (QED) is 0.486. The molecular weight excluding hydrogens is 409 g/mol. The highest BCUT2D eigenvalue weighted by Crippen LogP contribution is 2.38. The molecule has 0 fully saturated rings. The summed E-state index contributed by atoms with van der Waals surface area (Å²) in [4.78, 5) is 14.8. The average Bonchev–Trinajstić information content (AvgIpc) is 2.60. The van der Waals surface area contributed by atoms with Gasteiger partial charge in [0.05, 0.1) is 6.04 Å². The van der Waals surface area contributed by atoms with Crippen LogP contribution in [0.3, 0.4) is 0 Å². The number of hydrogen-bond acceptors (Lipinski definition) is 2. The first-order chi connectivity index (χ1) is 11.7. The molecule has 1 aliphatic heterocycles. The Hall–Kier alpha value is -1.88. The summed E-state index contributed by atoms with van der Waals surface area (Å²) in [6.07, 6.45) is 6.20. The van der Waals surface area contributed by atoms with E-state index in [0.29, 0.717) is 6.42 Å². The van der Waals surface area contributed by atoms with Crippen molar-refractivity contribution in [1.29, 1.82) is 0 Å². The van der Waals surface area contributed by atoms with Gasteiger partial charge in [-0.2, -0.15) is 0 Å². The summed E-state index contributed by atoms with van der Waals surface area (Å²) in [6, 6.07) is 18.7. The van der Waals surface area contributed by atoms with E-state index in [1.54, 1.807) is 6.08 Å². The molecule has 0 saturated heterocycles. The summed E-state index contributed by atoms with van der Waals surface area (Å²) in [5.41, 5.74) is 2.45. The van der Waals surface area contributed by atoms with E-state index in [1.807, 2.05) is 30.5 Å². The molecule has 0 radical (unpaired) electrons. The van der Waals surface area contributed by atoms with Crippen LogP contribution in [0.5, 0.6) is 0 Å². The van der Waals surface area contributed by atoms with Gasteiger partial charge in [-0.25, -0.2) is 0 Å². The molecule has 3 heteroatoms. The van der Waals surface area contributed by atoms with Crippen molar-refractivity contribution in [2.24, 2.45) is 5.92 Å². The van der Waals surface area contributed by atoms with Gasteiger partial charge in [0.25, 0.3) is 0 Å². The summed E-state index contributed by atoms with van der Waals surface area (Å²) in [6.45, 7) is 4.64. The van der Waals surface area contributed by atoms with Crippen LogP contribution >= 0.6 is 22.6 Å². The maximum atomic E-state index is 12.5. The Labute approximate surface area is 157 Å². The minimum absolute atomic E-state index is 0.0359. The van der Waals surface area contributed by atoms with Gasteiger partial charge >= 0.3 is 0 Å². The minimum Gasteiger partial charge on any atom is -0.365 e. The molecule has 3 rings (SSSR count). The van der Waals surface area contributed by atoms with Crippen molar-refractivity contribution in [3.8, 4) is 0 Å². The summed E-state index contributed by atoms with van der Waals surface area (Å²) in [7, 11) is 0. The van der Waals surface area contributed by atoms with Gasteiger partial charge in [-0.1, -0.05) is 54.6 Å². The SMILES string of the molecule is C=CC[C@@H]1C(=O)C=CN(Cc2ccccc2)[C@H]1c1ccccc1I. The van der Waals surface area contributed by atoms with E-state index in [2.05, 4.69) is 70.5 Å². The third-order valence-corrected chi connectivity index (χ3v) is 5.37. The molecule has 2 aromatic rings. The molecule has 0 N–H and O–H groups in total. The molecule has 0 unspecified atom stereocenters. The van der Waals surface area contributed by atoms with Crippen molar-refractivity contribution < 1.29 is 4.79 Å². The van der Waals surface area contributed by atoms with Gasteiger partial charge in [-0.15, -0.1) is 6.58 Å². The van der Waals surface area contributed by atoms with Crippen LogP contribution < -0.4 is 0 Å². The number of rotatable bonds is 5. The molecule has 1 heterocycles. The lowest BCUT2D eigenvalue weighted by Crippen LogP contribution is -2.37. The predicted octanol–water partition coefficient (Wildman–Crippen LogP) is 5.12. The smallest absolute Gasteiger partial charge is 0.162 e. The zero-order chi connectivity index (χ0) is 16.9. The van der Waals surface area contributed by atoms with E-state index in [0.717, 1.165) is 6.54 Å². The number of hydrogen-bond donors (Lipinski definition) is 0. The monoisotopic (exact) mass is 429 g/mol. The number of ketones is 1. The number of carbonyl (C=O) groups is 1. The molecular formula is C21H20INO. The van der Waals surface area contributed by atoms with Crippen molar-refractivity contribution in [3.63, 3.8) is 0 Å². The minimum atomic E-state index is -0.0906. The summed E-state index contributed by atoms with van der Waals surface area (Å²) < 4.78 is 1.19. The van der Waals surface area contributed by atoms with E-state index in [1.165, 1.54) is 14.7 Å². The third kappa shape index (κ3) is 3.61. The Balaban J connectivity index is 2.01. The normalized spacial score (nSPS) is 20.2. The van der Waals surface area contributed by atoms with Crippen LogP contribution in [0.1, 0.15) is 23.6 Å². The molecule has 1 aliphatic rings. The molecule has 2 aromatic carbocycles. The first-order valence-electron chi connectivity index (χ1n) is 8.07. The maximum absolute atomic E-state index is 12.5. The molecule has 122 valence electrons. The molecule has 0 amide bonds. The van der Waals surface area contributed by atoms with E-state index in [-0.39, 0.29) is 17.7 Å². The molecule has 0 aliphatic carbocycles. The van der Waals surface area contributed by atoms with E-state index < -0.39 is 0 Å². The van der Waals surface area contributed by atoms with Crippen LogP contribution in [-0.4, -0.2) is 10.7 Å². The Morgan fingerprint density at radius 2 is 1.79 bits per heavy atom. The van der Waals surface area contributed by atoms with Crippen molar-refractivity contribution in [3.05, 3.63) is 94.2 Å². The third-order valence-electron chi connectivity index (χ3n) is 4.39. The van der Waals surface area contributed by atoms with Gasteiger partial charge < -0.3 is 4.90 Å². The molecule has 2 atom stereocenters. The largest absolute Gasteiger partial charge is 0.365 e. The van der Waals surface area contributed by atoms with Gasteiger partial charge in [0.15, 0.2) is 5.78 Å². The van der Waals surface area contributed by atoms with E-state index in [9.17, 15) is 4.79 Å². The van der Waals surface area contributed by atoms with E-state index in [4.69, 9.17) is 0 Å². The zero-order valence-electron chi connectivity index (χ0n) is 13.4. The first kappa shape index (κ1) is 17.0. The summed E-state index contributed by atoms with van der Waals surface area (Å²) >= 11 is 2.36. The molecule has 2 nitrogen and oxygen atoms in total. The molecule has 0 spiro atoms. The lowest BCUT2D eigenvalue weighted by Gasteiger charge is -2.39. The fraction of sp³-hybridized carbons (Fsp3) is 0.190. The van der Waals surface area contributed by atoms with Crippen molar-refractivity contribution in [1.82, 2.24) is 4.90 Å². The molecule has 0 aromatic heterocycles. The van der Waals surface area contributed by atoms with Gasteiger partial charge in [-0.3, -0.25) is 4.79 Å². The van der Waals surface area contributed by atoms with Crippen molar-refractivity contribution in [2.75, 3.05) is 0 Å². The van der Waals surface area contributed by atoms with Crippen LogP contribution in [-0.2, 0) is 11.3 Å². The molecule has 0 bridgehead atoms. The number of nitrogens with zero attached hydrogens (tertiary/aromatic N) is 1. The Bertz CT molecular complexity index is 753. The van der Waals surface area contributed by atoms with Crippen LogP contribution in [0.25, 0.3) is 0 Å². The lowest BCUT2D eigenvalue weighted by molar-refractivity contribution is -0.121. The fourth-order valence-electron chi connectivity index (χ4n) is 3.25. The summed E-state index contributed by atoms with van der Waals surface area (Å²) in [5.74, 6) is 0.0935. The fourth-order valence-corrected chi connectivity index (χ4v) is 3.96. The Morgan fingerprint density at radius 1 is 1.08 bits per heavy atom. The highest BCUT2D eigenvalue weighted by Gasteiger charge is 2.35. The Morgan fingerprint density at radius 3 is 2.50 bits per heavy atom. The highest BCUT2D eigenvalue weighted by atomic mass is 127. The lowest BCUT2D eigenvalue weighted by atomic mass is 9.83. The molecule has 24 heavy (non-hydrogen) atoms. The van der Waals surface area contributed by atoms with Gasteiger partial charge in [0.1, 0.15) is 0 Å².